The van der Waals surface area contributed by atoms with Crippen LogP contribution in [0.5, 0.6) is 5.75 Å². The summed E-state index contributed by atoms with van der Waals surface area (Å²) in [5.41, 5.74) is 2.45. The predicted molar refractivity (Wildman–Crippen MR) is 136 cm³/mol. The number of hydrogen-bond donors (Lipinski definition) is 4. The summed E-state index contributed by atoms with van der Waals surface area (Å²) in [7, 11) is 1.58. The van der Waals surface area contributed by atoms with Gasteiger partial charge in [-0.1, -0.05) is 37.3 Å². The Bertz CT molecular complexity index is 1170. The summed E-state index contributed by atoms with van der Waals surface area (Å²) in [5.74, 6) is -2.66. The molecule has 0 saturated carbocycles. The molecule has 2 aromatic rings. The van der Waals surface area contributed by atoms with E-state index in [0.29, 0.717) is 36.6 Å². The Morgan fingerprint density at radius 1 is 1.15 bits per heavy atom. The Hall–Kier alpha value is -3.64. The van der Waals surface area contributed by atoms with E-state index in [0.717, 1.165) is 37.1 Å². The van der Waals surface area contributed by atoms with Gasteiger partial charge in [-0.3, -0.25) is 9.59 Å². The van der Waals surface area contributed by atoms with Crippen molar-refractivity contribution in [2.45, 2.75) is 37.5 Å². The number of halogens is 3. The quantitative estimate of drug-likeness (QED) is 0.417. The maximum absolute atomic E-state index is 13.0. The summed E-state index contributed by atoms with van der Waals surface area (Å²) in [4.78, 5) is 34.6. The molecule has 2 aromatic carbocycles. The Balaban J connectivity index is 0.000000532. The summed E-state index contributed by atoms with van der Waals surface area (Å²) in [6, 6.07) is 13.7. The van der Waals surface area contributed by atoms with Crippen molar-refractivity contribution in [2.75, 3.05) is 39.9 Å². The lowest BCUT2D eigenvalue weighted by Gasteiger charge is -2.27. The van der Waals surface area contributed by atoms with Gasteiger partial charge in [0.05, 0.1) is 23.7 Å². The van der Waals surface area contributed by atoms with Gasteiger partial charge in [-0.25, -0.2) is 4.79 Å². The van der Waals surface area contributed by atoms with Crippen LogP contribution in [-0.2, 0) is 14.9 Å². The summed E-state index contributed by atoms with van der Waals surface area (Å²) in [5, 5.41) is 16.1. The number of fused-ring (bicyclic) bond motifs is 1. The molecule has 0 bridgehead atoms. The van der Waals surface area contributed by atoms with Gasteiger partial charge in [-0.15, -0.1) is 0 Å². The lowest BCUT2D eigenvalue weighted by atomic mass is 9.73. The van der Waals surface area contributed by atoms with Crippen LogP contribution in [0, 0.1) is 0 Å². The number of carboxylic acid groups (broad SMARTS) is 1. The first-order chi connectivity index (χ1) is 18.5. The molecular formula is C27H32F3N3O6. The van der Waals surface area contributed by atoms with E-state index in [2.05, 4.69) is 35.0 Å². The van der Waals surface area contributed by atoms with Crippen LogP contribution in [0.15, 0.2) is 42.5 Å². The molecule has 0 spiro atoms. The molecule has 2 aliphatic heterocycles. The molecule has 2 atom stereocenters. The molecule has 2 heterocycles. The van der Waals surface area contributed by atoms with Crippen molar-refractivity contribution in [1.82, 2.24) is 16.0 Å². The van der Waals surface area contributed by atoms with E-state index in [1.807, 2.05) is 24.3 Å². The van der Waals surface area contributed by atoms with Gasteiger partial charge in [0.25, 0.3) is 11.8 Å². The molecule has 2 aliphatic rings. The number of nitrogens with one attached hydrogen (secondary N) is 3. The second kappa shape index (κ2) is 12.9. The van der Waals surface area contributed by atoms with Gasteiger partial charge in [0, 0.05) is 37.8 Å². The van der Waals surface area contributed by atoms with Crippen molar-refractivity contribution in [3.05, 3.63) is 64.7 Å². The number of morpholine rings is 1. The fourth-order valence-electron chi connectivity index (χ4n) is 4.59. The molecule has 1 unspecified atom stereocenters. The first-order valence-electron chi connectivity index (χ1n) is 12.5. The Labute approximate surface area is 224 Å². The van der Waals surface area contributed by atoms with Crippen molar-refractivity contribution in [3.8, 4) is 5.75 Å². The normalized spacial score (nSPS) is 20.1. The lowest BCUT2D eigenvalue weighted by Crippen LogP contribution is -2.40. The SMILES string of the molecule is CCC1(c2ccccc2)COc2c(C(=O)NC)cc(C(=O)NCC[C@H]3CNCCO3)cc21.O=C(O)C(F)(F)F. The van der Waals surface area contributed by atoms with Crippen LogP contribution < -0.4 is 20.7 Å². The van der Waals surface area contributed by atoms with Gasteiger partial charge >= 0.3 is 12.1 Å². The number of carbonyl (C=O) groups excluding carboxylic acids is 2. The summed E-state index contributed by atoms with van der Waals surface area (Å²) >= 11 is 0. The number of aliphatic carboxylic acids is 1. The molecule has 9 nitrogen and oxygen atoms in total. The van der Waals surface area contributed by atoms with Crippen LogP contribution in [-0.4, -0.2) is 75.1 Å². The second-order valence-electron chi connectivity index (χ2n) is 9.11. The van der Waals surface area contributed by atoms with Crippen molar-refractivity contribution in [1.29, 1.82) is 0 Å². The Morgan fingerprint density at radius 2 is 1.85 bits per heavy atom. The van der Waals surface area contributed by atoms with Crippen LogP contribution >= 0.6 is 0 Å². The number of carboxylic acids is 1. The molecule has 1 fully saturated rings. The highest BCUT2D eigenvalue weighted by molar-refractivity contribution is 6.02. The van der Waals surface area contributed by atoms with Gasteiger partial charge in [0.15, 0.2) is 0 Å². The van der Waals surface area contributed by atoms with E-state index < -0.39 is 17.6 Å². The maximum atomic E-state index is 13.0. The predicted octanol–water partition coefficient (Wildman–Crippen LogP) is 2.88. The highest BCUT2D eigenvalue weighted by Gasteiger charge is 2.43. The molecule has 4 rings (SSSR count). The summed E-state index contributed by atoms with van der Waals surface area (Å²) in [6.07, 6.45) is -3.46. The van der Waals surface area contributed by atoms with E-state index >= 15 is 0 Å². The zero-order valence-corrected chi connectivity index (χ0v) is 21.7. The highest BCUT2D eigenvalue weighted by Crippen LogP contribution is 2.47. The minimum absolute atomic E-state index is 0.102. The third-order valence-corrected chi connectivity index (χ3v) is 6.73. The van der Waals surface area contributed by atoms with Gasteiger partial charge < -0.3 is 30.5 Å². The van der Waals surface area contributed by atoms with Crippen molar-refractivity contribution in [3.63, 3.8) is 0 Å². The van der Waals surface area contributed by atoms with Gasteiger partial charge in [-0.2, -0.15) is 13.2 Å². The number of alkyl halides is 3. The van der Waals surface area contributed by atoms with E-state index in [1.54, 1.807) is 13.1 Å². The molecular weight excluding hydrogens is 519 g/mol. The van der Waals surface area contributed by atoms with Crippen molar-refractivity contribution < 1.29 is 42.1 Å². The van der Waals surface area contributed by atoms with Gasteiger partial charge in [-0.05, 0) is 30.5 Å². The average molecular weight is 552 g/mol. The molecule has 212 valence electrons. The molecule has 0 radical (unpaired) electrons. The monoisotopic (exact) mass is 551 g/mol. The number of rotatable bonds is 7. The first-order valence-corrected chi connectivity index (χ1v) is 12.5. The molecule has 4 N–H and O–H groups in total. The molecule has 2 amide bonds. The van der Waals surface area contributed by atoms with Crippen LogP contribution in [0.25, 0.3) is 0 Å². The van der Waals surface area contributed by atoms with Gasteiger partial charge in [0.2, 0.25) is 0 Å². The minimum atomic E-state index is -5.08. The molecule has 0 aromatic heterocycles. The zero-order valence-electron chi connectivity index (χ0n) is 21.7. The number of amides is 2. The second-order valence-corrected chi connectivity index (χ2v) is 9.11. The largest absolute Gasteiger partial charge is 0.491 e. The fraction of sp³-hybridized carbons (Fsp3) is 0.444. The standard InChI is InChI=1S/C25H31N3O4.C2HF3O2/c1-3-25(18-7-5-4-6-8-18)16-32-22-20(24(30)26-2)13-17(14-21(22)25)23(29)28-10-9-19-15-27-11-12-31-19;3-2(4,5)1(6)7/h4-8,13-14,19,27H,3,9-12,15-16H2,1-2H3,(H,26,30)(H,28,29);(H,6,7)/t19-,25?;/m0./s1. The average Bonchev–Trinajstić information content (AvgIpc) is 3.32. The van der Waals surface area contributed by atoms with E-state index in [9.17, 15) is 22.8 Å². The van der Waals surface area contributed by atoms with Crippen molar-refractivity contribution in [2.24, 2.45) is 0 Å². The minimum Gasteiger partial charge on any atom is -0.491 e. The Morgan fingerprint density at radius 3 is 2.41 bits per heavy atom. The Kier molecular flexibility index (Phi) is 9.92. The third-order valence-electron chi connectivity index (χ3n) is 6.73. The number of hydrogen-bond acceptors (Lipinski definition) is 6. The number of ether oxygens (including phenoxy) is 2. The van der Waals surface area contributed by atoms with Crippen LogP contribution in [0.3, 0.4) is 0 Å². The summed E-state index contributed by atoms with van der Waals surface area (Å²) in [6.45, 7) is 5.40. The fourth-order valence-corrected chi connectivity index (χ4v) is 4.59. The van der Waals surface area contributed by atoms with Gasteiger partial charge in [0.1, 0.15) is 12.4 Å². The summed E-state index contributed by atoms with van der Waals surface area (Å²) < 4.78 is 43.5. The molecule has 0 aliphatic carbocycles. The van der Waals surface area contributed by atoms with Crippen LogP contribution in [0.2, 0.25) is 0 Å². The van der Waals surface area contributed by atoms with Crippen LogP contribution in [0.1, 0.15) is 51.6 Å². The van der Waals surface area contributed by atoms with E-state index in [-0.39, 0.29) is 17.9 Å². The lowest BCUT2D eigenvalue weighted by molar-refractivity contribution is -0.192. The molecule has 39 heavy (non-hydrogen) atoms. The molecule has 1 saturated heterocycles. The zero-order chi connectivity index (χ0) is 28.6. The van der Waals surface area contributed by atoms with E-state index in [4.69, 9.17) is 19.4 Å². The maximum Gasteiger partial charge on any atom is 0.490 e. The smallest absolute Gasteiger partial charge is 0.490 e. The first kappa shape index (κ1) is 29.9. The topological polar surface area (TPSA) is 126 Å². The highest BCUT2D eigenvalue weighted by atomic mass is 19.4. The van der Waals surface area contributed by atoms with E-state index in [1.165, 1.54) is 0 Å². The number of carbonyl (C=O) groups is 3. The third kappa shape index (κ3) is 7.07. The molecule has 12 heteroatoms. The number of benzene rings is 2. The van der Waals surface area contributed by atoms with Crippen molar-refractivity contribution >= 4 is 17.8 Å². The van der Waals surface area contributed by atoms with Crippen LogP contribution in [0.4, 0.5) is 13.2 Å².